The van der Waals surface area contributed by atoms with E-state index in [0.29, 0.717) is 18.6 Å². The van der Waals surface area contributed by atoms with Gasteiger partial charge in [0.05, 0.1) is 7.11 Å². The molecule has 0 amide bonds. The maximum absolute atomic E-state index is 10.9. The minimum Gasteiger partial charge on any atom is -0.468 e. The van der Waals surface area contributed by atoms with Crippen molar-refractivity contribution in [2.75, 3.05) is 12.9 Å². The molecule has 94 valence electrons. The molecule has 0 fully saturated rings. The van der Waals surface area contributed by atoms with E-state index in [4.69, 9.17) is 9.92 Å². The van der Waals surface area contributed by atoms with Crippen LogP contribution in [0.1, 0.15) is 26.2 Å². The normalized spacial score (nSPS) is 11.9. The molecule has 0 saturated heterocycles. The SMILES string of the molecule is CCCC(=O)OSSCC[C@H](N)C(=O)OC. The average Bonchev–Trinajstić information content (AvgIpc) is 2.27. The molecule has 16 heavy (non-hydrogen) atoms. The average molecular weight is 267 g/mol. The van der Waals surface area contributed by atoms with Crippen molar-refractivity contribution in [3.05, 3.63) is 0 Å². The van der Waals surface area contributed by atoms with Crippen LogP contribution >= 0.6 is 21.9 Å². The van der Waals surface area contributed by atoms with Gasteiger partial charge in [0.1, 0.15) is 17.1 Å². The van der Waals surface area contributed by atoms with Gasteiger partial charge in [0.15, 0.2) is 0 Å². The predicted molar refractivity (Wildman–Crippen MR) is 65.7 cm³/mol. The van der Waals surface area contributed by atoms with E-state index in [-0.39, 0.29) is 5.97 Å². The van der Waals surface area contributed by atoms with E-state index in [2.05, 4.69) is 4.74 Å². The van der Waals surface area contributed by atoms with Crippen LogP contribution in [0.2, 0.25) is 0 Å². The molecule has 0 rings (SSSR count). The van der Waals surface area contributed by atoms with Gasteiger partial charge in [-0.3, -0.25) is 9.59 Å². The van der Waals surface area contributed by atoms with Gasteiger partial charge in [0, 0.05) is 12.2 Å². The smallest absolute Gasteiger partial charge is 0.322 e. The van der Waals surface area contributed by atoms with Crippen molar-refractivity contribution in [3.8, 4) is 0 Å². The van der Waals surface area contributed by atoms with Gasteiger partial charge in [-0.05, 0) is 12.8 Å². The summed E-state index contributed by atoms with van der Waals surface area (Å²) in [7, 11) is 2.65. The topological polar surface area (TPSA) is 78.6 Å². The first kappa shape index (κ1) is 15.6. The van der Waals surface area contributed by atoms with Gasteiger partial charge in [-0.25, -0.2) is 0 Å². The lowest BCUT2D eigenvalue weighted by Crippen LogP contribution is -2.31. The highest BCUT2D eigenvalue weighted by Crippen LogP contribution is 2.24. The van der Waals surface area contributed by atoms with Crippen LogP contribution in [-0.2, 0) is 18.5 Å². The highest BCUT2D eigenvalue weighted by atomic mass is 33.1. The number of rotatable bonds is 8. The molecule has 0 spiro atoms. The van der Waals surface area contributed by atoms with Gasteiger partial charge in [-0.2, -0.15) is 0 Å². The third-order valence-corrected chi connectivity index (χ3v) is 3.39. The van der Waals surface area contributed by atoms with Crippen molar-refractivity contribution in [2.24, 2.45) is 5.73 Å². The summed E-state index contributed by atoms with van der Waals surface area (Å²) in [6.07, 6.45) is 1.70. The fraction of sp³-hybridized carbons (Fsp3) is 0.778. The monoisotopic (exact) mass is 267 g/mol. The maximum Gasteiger partial charge on any atom is 0.322 e. The molecule has 0 aliphatic rings. The first-order valence-electron chi connectivity index (χ1n) is 4.94. The largest absolute Gasteiger partial charge is 0.468 e. The van der Waals surface area contributed by atoms with Crippen molar-refractivity contribution in [3.63, 3.8) is 0 Å². The van der Waals surface area contributed by atoms with E-state index in [1.807, 2.05) is 6.92 Å². The predicted octanol–water partition coefficient (Wildman–Crippen LogP) is 1.52. The maximum atomic E-state index is 10.9. The van der Waals surface area contributed by atoms with Gasteiger partial charge in [-0.15, -0.1) is 0 Å². The van der Waals surface area contributed by atoms with Crippen molar-refractivity contribution in [1.29, 1.82) is 0 Å². The minimum atomic E-state index is -0.607. The van der Waals surface area contributed by atoms with Crippen LogP contribution in [0, 0.1) is 0 Å². The Bertz CT molecular complexity index is 226. The van der Waals surface area contributed by atoms with Crippen LogP contribution in [0.25, 0.3) is 0 Å². The molecule has 0 aromatic rings. The van der Waals surface area contributed by atoms with Crippen LogP contribution in [0.3, 0.4) is 0 Å². The molecular formula is C9H17NO4S2. The number of nitrogens with two attached hydrogens (primary N) is 1. The summed E-state index contributed by atoms with van der Waals surface area (Å²) >= 11 is 1.02. The van der Waals surface area contributed by atoms with E-state index in [1.54, 1.807) is 0 Å². The highest BCUT2D eigenvalue weighted by molar-refractivity contribution is 8.75. The van der Waals surface area contributed by atoms with Gasteiger partial charge < -0.3 is 14.7 Å². The number of carbonyl (C=O) groups is 2. The van der Waals surface area contributed by atoms with E-state index in [1.165, 1.54) is 17.9 Å². The summed E-state index contributed by atoms with van der Waals surface area (Å²) in [5.41, 5.74) is 5.51. The summed E-state index contributed by atoms with van der Waals surface area (Å²) in [6, 6.07) is -0.607. The van der Waals surface area contributed by atoms with Gasteiger partial charge in [0.25, 0.3) is 0 Å². The Kier molecular flexibility index (Phi) is 9.55. The van der Waals surface area contributed by atoms with Crippen molar-refractivity contribution >= 4 is 33.8 Å². The van der Waals surface area contributed by atoms with Gasteiger partial charge >= 0.3 is 11.9 Å². The second-order valence-electron chi connectivity index (χ2n) is 3.01. The molecule has 5 nitrogen and oxygen atoms in total. The summed E-state index contributed by atoms with van der Waals surface area (Å²) in [4.78, 5) is 21.9. The Balaban J connectivity index is 3.40. The molecule has 0 radical (unpaired) electrons. The lowest BCUT2D eigenvalue weighted by Gasteiger charge is -2.07. The Labute approximate surface area is 103 Å². The Morgan fingerprint density at radius 1 is 1.44 bits per heavy atom. The summed E-state index contributed by atoms with van der Waals surface area (Å²) in [6.45, 7) is 1.91. The number of hydrogen-bond acceptors (Lipinski definition) is 7. The zero-order chi connectivity index (χ0) is 12.4. The lowest BCUT2D eigenvalue weighted by molar-refractivity contribution is -0.142. The molecule has 0 aromatic heterocycles. The molecule has 0 saturated carbocycles. The van der Waals surface area contributed by atoms with Crippen molar-refractivity contribution < 1.29 is 18.5 Å². The molecule has 0 aliphatic carbocycles. The molecular weight excluding hydrogens is 250 g/mol. The van der Waals surface area contributed by atoms with Crippen LogP contribution in [0.5, 0.6) is 0 Å². The fourth-order valence-electron chi connectivity index (χ4n) is 0.786. The molecule has 0 bridgehead atoms. The number of ether oxygens (including phenoxy) is 1. The van der Waals surface area contributed by atoms with E-state index in [0.717, 1.165) is 17.5 Å². The summed E-state index contributed by atoms with van der Waals surface area (Å²) < 4.78 is 9.31. The lowest BCUT2D eigenvalue weighted by atomic mass is 10.2. The Morgan fingerprint density at radius 3 is 2.69 bits per heavy atom. The van der Waals surface area contributed by atoms with E-state index < -0.39 is 12.0 Å². The number of esters is 1. The van der Waals surface area contributed by atoms with Crippen LogP contribution in [0.4, 0.5) is 0 Å². The molecule has 2 N–H and O–H groups in total. The number of carbonyl (C=O) groups excluding carboxylic acids is 2. The molecule has 0 aliphatic heterocycles. The van der Waals surface area contributed by atoms with Crippen molar-refractivity contribution in [2.45, 2.75) is 32.2 Å². The highest BCUT2D eigenvalue weighted by Gasteiger charge is 2.13. The summed E-state index contributed by atoms with van der Waals surface area (Å²) in [5.74, 6) is -0.0220. The fourth-order valence-corrected chi connectivity index (χ4v) is 2.28. The Hall–Kier alpha value is -0.400. The third kappa shape index (κ3) is 7.84. The van der Waals surface area contributed by atoms with Crippen LogP contribution in [0.15, 0.2) is 0 Å². The molecule has 0 aromatic carbocycles. The molecule has 7 heteroatoms. The third-order valence-electron chi connectivity index (χ3n) is 1.65. The van der Waals surface area contributed by atoms with Crippen LogP contribution < -0.4 is 5.73 Å². The molecule has 1 atom stereocenters. The van der Waals surface area contributed by atoms with Gasteiger partial charge in [0.2, 0.25) is 0 Å². The molecule has 0 unspecified atom stereocenters. The standard InChI is InChI=1S/C9H17NO4S2/c1-3-4-8(11)14-16-15-6-5-7(10)9(12)13-2/h7H,3-6,10H2,1-2H3/t7-/m0/s1. The van der Waals surface area contributed by atoms with E-state index in [9.17, 15) is 9.59 Å². The second kappa shape index (κ2) is 9.80. The van der Waals surface area contributed by atoms with Crippen LogP contribution in [-0.4, -0.2) is 30.8 Å². The number of methoxy groups -OCH3 is 1. The minimum absolute atomic E-state index is 0.225. The zero-order valence-electron chi connectivity index (χ0n) is 9.43. The number of hydrogen-bond donors (Lipinski definition) is 1. The zero-order valence-corrected chi connectivity index (χ0v) is 11.1. The molecule has 0 heterocycles. The van der Waals surface area contributed by atoms with Crippen molar-refractivity contribution in [1.82, 2.24) is 0 Å². The Morgan fingerprint density at radius 2 is 2.12 bits per heavy atom. The quantitative estimate of drug-likeness (QED) is 0.309. The second-order valence-corrected chi connectivity index (χ2v) is 5.08. The summed E-state index contributed by atoms with van der Waals surface area (Å²) in [5, 5.41) is 0. The van der Waals surface area contributed by atoms with Gasteiger partial charge in [-0.1, -0.05) is 17.7 Å². The first-order chi connectivity index (χ1) is 7.61. The van der Waals surface area contributed by atoms with E-state index >= 15 is 0 Å². The first-order valence-corrected chi connectivity index (χ1v) is 7.18.